The third kappa shape index (κ3) is 3.26. The van der Waals surface area contributed by atoms with Crippen LogP contribution in [0.1, 0.15) is 6.42 Å². The van der Waals surface area contributed by atoms with Crippen molar-refractivity contribution >= 4 is 11.3 Å². The van der Waals surface area contributed by atoms with Crippen LogP contribution >= 0.6 is 0 Å². The third-order valence-corrected chi connectivity index (χ3v) is 5.08. The first kappa shape index (κ1) is 17.5. The van der Waals surface area contributed by atoms with E-state index in [1.165, 1.54) is 29.7 Å². The van der Waals surface area contributed by atoms with Crippen LogP contribution in [-0.4, -0.2) is 42.7 Å². The summed E-state index contributed by atoms with van der Waals surface area (Å²) < 4.78 is 20.5. The van der Waals surface area contributed by atoms with Crippen molar-refractivity contribution in [2.45, 2.75) is 12.5 Å². The predicted octanol–water partition coefficient (Wildman–Crippen LogP) is 2.31. The molecule has 1 atom stereocenters. The minimum atomic E-state index is -0.487. The monoisotopic (exact) mass is 368 g/mol. The highest BCUT2D eigenvalue weighted by atomic mass is 19.1. The molecule has 27 heavy (non-hydrogen) atoms. The highest BCUT2D eigenvalue weighted by molar-refractivity contribution is 5.63. The highest BCUT2D eigenvalue weighted by Crippen LogP contribution is 2.24. The van der Waals surface area contributed by atoms with E-state index >= 15 is 0 Å². The summed E-state index contributed by atoms with van der Waals surface area (Å²) in [7, 11) is 3.45. The van der Waals surface area contributed by atoms with Crippen LogP contribution in [0.25, 0.3) is 16.9 Å². The van der Waals surface area contributed by atoms with Crippen molar-refractivity contribution in [3.8, 4) is 17.0 Å². The second kappa shape index (κ2) is 7.00. The molecule has 1 fully saturated rings. The number of likely N-dealkylation sites (N-methyl/N-ethyl adjacent to an activating group) is 1. The van der Waals surface area contributed by atoms with Crippen LogP contribution in [0.2, 0.25) is 0 Å². The number of aromatic nitrogens is 2. The Kier molecular flexibility index (Phi) is 4.53. The maximum Gasteiger partial charge on any atom is 0.258 e. The average molecular weight is 368 g/mol. The number of nitrogens with one attached hydrogen (secondary N) is 1. The number of hydrogen-bond acceptors (Lipinski definition) is 5. The van der Waals surface area contributed by atoms with Gasteiger partial charge in [-0.15, -0.1) is 0 Å². The topological polar surface area (TPSA) is 58.9 Å². The Morgan fingerprint density at radius 2 is 2.15 bits per heavy atom. The Balaban J connectivity index is 1.73. The van der Waals surface area contributed by atoms with Crippen molar-refractivity contribution in [3.05, 3.63) is 58.8 Å². The second-order valence-electron chi connectivity index (χ2n) is 6.70. The first-order chi connectivity index (χ1) is 13.1. The minimum absolute atomic E-state index is 0.158. The number of rotatable bonds is 4. The van der Waals surface area contributed by atoms with E-state index in [1.807, 2.05) is 19.2 Å². The van der Waals surface area contributed by atoms with Gasteiger partial charge in [0.05, 0.1) is 18.5 Å². The zero-order valence-corrected chi connectivity index (χ0v) is 15.3. The molecule has 1 aliphatic rings. The van der Waals surface area contributed by atoms with Gasteiger partial charge in [0, 0.05) is 37.5 Å². The smallest absolute Gasteiger partial charge is 0.258 e. The molecule has 140 valence electrons. The molecule has 1 aliphatic heterocycles. The number of benzene rings is 1. The summed E-state index contributed by atoms with van der Waals surface area (Å²) in [5.41, 5.74) is 2.25. The van der Waals surface area contributed by atoms with Crippen molar-refractivity contribution in [3.63, 3.8) is 0 Å². The standard InChI is InChI=1S/C20H21FN4O2/c1-24(14-7-8-22-11-14)15-4-6-19-23-17(10-20(26)25(19)12-15)13-3-5-18(27-2)16(21)9-13/h3-6,9-10,12,14,22H,7-8,11H2,1-2H3. The quantitative estimate of drug-likeness (QED) is 0.766. The van der Waals surface area contributed by atoms with E-state index in [0.717, 1.165) is 25.2 Å². The van der Waals surface area contributed by atoms with Gasteiger partial charge in [0.25, 0.3) is 5.56 Å². The third-order valence-electron chi connectivity index (χ3n) is 5.08. The van der Waals surface area contributed by atoms with E-state index in [0.29, 0.717) is 22.9 Å². The predicted molar refractivity (Wildman–Crippen MR) is 103 cm³/mol. The fraction of sp³-hybridized carbons (Fsp3) is 0.300. The van der Waals surface area contributed by atoms with Crippen molar-refractivity contribution < 1.29 is 9.13 Å². The van der Waals surface area contributed by atoms with Gasteiger partial charge in [-0.25, -0.2) is 9.37 Å². The van der Waals surface area contributed by atoms with Crippen LogP contribution in [0.4, 0.5) is 10.1 Å². The van der Waals surface area contributed by atoms with Crippen LogP contribution in [-0.2, 0) is 0 Å². The molecule has 0 amide bonds. The fourth-order valence-electron chi connectivity index (χ4n) is 3.45. The summed E-state index contributed by atoms with van der Waals surface area (Å²) in [5, 5.41) is 3.35. The number of methoxy groups -OCH3 is 1. The molecule has 1 N–H and O–H groups in total. The summed E-state index contributed by atoms with van der Waals surface area (Å²) in [5.74, 6) is -0.329. The van der Waals surface area contributed by atoms with Gasteiger partial charge in [0.1, 0.15) is 5.65 Å². The lowest BCUT2D eigenvalue weighted by atomic mass is 10.1. The van der Waals surface area contributed by atoms with Gasteiger partial charge in [-0.05, 0) is 43.3 Å². The van der Waals surface area contributed by atoms with E-state index in [-0.39, 0.29) is 11.3 Å². The molecule has 4 rings (SSSR count). The van der Waals surface area contributed by atoms with Gasteiger partial charge in [0.15, 0.2) is 11.6 Å². The molecular weight excluding hydrogens is 347 g/mol. The molecule has 1 aromatic carbocycles. The second-order valence-corrected chi connectivity index (χ2v) is 6.70. The average Bonchev–Trinajstić information content (AvgIpc) is 3.22. The SMILES string of the molecule is COc1ccc(-c2cc(=O)n3cc(N(C)C4CCNC4)ccc3n2)cc1F. The molecule has 0 aliphatic carbocycles. The van der Waals surface area contributed by atoms with Gasteiger partial charge in [-0.3, -0.25) is 9.20 Å². The van der Waals surface area contributed by atoms with E-state index in [4.69, 9.17) is 4.74 Å². The fourth-order valence-corrected chi connectivity index (χ4v) is 3.45. The van der Waals surface area contributed by atoms with Gasteiger partial charge in [-0.1, -0.05) is 0 Å². The zero-order chi connectivity index (χ0) is 19.0. The first-order valence-corrected chi connectivity index (χ1v) is 8.88. The number of hydrogen-bond donors (Lipinski definition) is 1. The molecule has 2 aromatic heterocycles. The van der Waals surface area contributed by atoms with E-state index < -0.39 is 5.82 Å². The Hall–Kier alpha value is -2.93. The number of ether oxygens (including phenoxy) is 1. The molecule has 1 saturated heterocycles. The Bertz CT molecular complexity index is 1040. The molecule has 3 aromatic rings. The number of anilines is 1. The molecule has 0 radical (unpaired) electrons. The van der Waals surface area contributed by atoms with Gasteiger partial charge >= 0.3 is 0 Å². The van der Waals surface area contributed by atoms with Gasteiger partial charge < -0.3 is 15.0 Å². The number of fused-ring (bicyclic) bond motifs is 1. The molecule has 0 bridgehead atoms. The Labute approximate surface area is 156 Å². The Morgan fingerprint density at radius 1 is 1.30 bits per heavy atom. The normalized spacial score (nSPS) is 16.6. The zero-order valence-electron chi connectivity index (χ0n) is 15.3. The summed E-state index contributed by atoms with van der Waals surface area (Å²) in [4.78, 5) is 19.4. The van der Waals surface area contributed by atoms with Crippen LogP contribution in [0.5, 0.6) is 5.75 Å². The van der Waals surface area contributed by atoms with E-state index in [1.54, 1.807) is 12.3 Å². The van der Waals surface area contributed by atoms with E-state index in [2.05, 4.69) is 15.2 Å². The minimum Gasteiger partial charge on any atom is -0.494 e. The highest BCUT2D eigenvalue weighted by Gasteiger charge is 2.20. The maximum absolute atomic E-state index is 14.0. The summed E-state index contributed by atoms with van der Waals surface area (Å²) in [6.45, 7) is 1.94. The maximum atomic E-state index is 14.0. The van der Waals surface area contributed by atoms with Gasteiger partial charge in [-0.2, -0.15) is 0 Å². The van der Waals surface area contributed by atoms with E-state index in [9.17, 15) is 9.18 Å². The van der Waals surface area contributed by atoms with Crippen molar-refractivity contribution in [2.24, 2.45) is 0 Å². The van der Waals surface area contributed by atoms with Crippen LogP contribution in [0, 0.1) is 5.82 Å². The number of pyridine rings is 1. The largest absolute Gasteiger partial charge is 0.494 e. The lowest BCUT2D eigenvalue weighted by Gasteiger charge is -2.26. The van der Waals surface area contributed by atoms with Crippen LogP contribution < -0.4 is 20.5 Å². The summed E-state index contributed by atoms with van der Waals surface area (Å²) in [6, 6.07) is 10.2. The molecule has 0 spiro atoms. The molecule has 0 saturated carbocycles. The molecule has 6 nitrogen and oxygen atoms in total. The lowest BCUT2D eigenvalue weighted by Crippen LogP contribution is -2.33. The molecule has 7 heteroatoms. The molecular formula is C20H21FN4O2. The Morgan fingerprint density at radius 3 is 2.85 bits per heavy atom. The number of nitrogens with zero attached hydrogens (tertiary/aromatic N) is 3. The number of halogens is 1. The van der Waals surface area contributed by atoms with Crippen molar-refractivity contribution in [1.82, 2.24) is 14.7 Å². The van der Waals surface area contributed by atoms with Crippen molar-refractivity contribution in [1.29, 1.82) is 0 Å². The molecule has 1 unspecified atom stereocenters. The van der Waals surface area contributed by atoms with Crippen LogP contribution in [0.3, 0.4) is 0 Å². The van der Waals surface area contributed by atoms with Crippen LogP contribution in [0.15, 0.2) is 47.4 Å². The molecule has 3 heterocycles. The first-order valence-electron chi connectivity index (χ1n) is 8.88. The van der Waals surface area contributed by atoms with Crippen molar-refractivity contribution in [2.75, 3.05) is 32.1 Å². The summed E-state index contributed by atoms with van der Waals surface area (Å²) in [6.07, 6.45) is 2.88. The lowest BCUT2D eigenvalue weighted by molar-refractivity contribution is 0.386. The van der Waals surface area contributed by atoms with Gasteiger partial charge in [0.2, 0.25) is 0 Å². The summed E-state index contributed by atoms with van der Waals surface area (Å²) >= 11 is 0.